The number of benzene rings is 3. The van der Waals surface area contributed by atoms with Crippen molar-refractivity contribution in [2.75, 3.05) is 7.05 Å². The van der Waals surface area contributed by atoms with Gasteiger partial charge in [-0.05, 0) is 55.3 Å². The van der Waals surface area contributed by atoms with E-state index in [-0.39, 0.29) is 18.7 Å². The molecule has 1 aromatic heterocycles. The summed E-state index contributed by atoms with van der Waals surface area (Å²) in [6.45, 7) is 3.82. The molecule has 0 saturated carbocycles. The third kappa shape index (κ3) is 6.33. The molecule has 8 heteroatoms. The van der Waals surface area contributed by atoms with E-state index in [1.165, 1.54) is 4.90 Å². The number of fused-ring (bicyclic) bond motifs is 1. The van der Waals surface area contributed by atoms with E-state index in [0.717, 1.165) is 33.2 Å². The Balaban J connectivity index is 1.62. The number of aryl methyl sites for hydroxylation is 2. The lowest BCUT2D eigenvalue weighted by atomic mass is 9.99. The Morgan fingerprint density at radius 1 is 1.00 bits per heavy atom. The van der Waals surface area contributed by atoms with Crippen molar-refractivity contribution in [2.45, 2.75) is 38.8 Å². The van der Waals surface area contributed by atoms with Gasteiger partial charge in [-0.2, -0.15) is 5.26 Å². The smallest absolute Gasteiger partial charge is 0.254 e. The highest BCUT2D eigenvalue weighted by atomic mass is 16.2. The summed E-state index contributed by atoms with van der Waals surface area (Å²) in [4.78, 5) is 44.2. The van der Waals surface area contributed by atoms with Crippen LogP contribution in [0.3, 0.4) is 0 Å². The number of likely N-dealkylation sites (N-methyl/N-ethyl adjacent to an activating group) is 1. The van der Waals surface area contributed by atoms with Crippen LogP contribution < -0.4 is 11.1 Å². The molecular weight excluding hydrogens is 490 g/mol. The number of amides is 3. The van der Waals surface area contributed by atoms with Gasteiger partial charge in [-0.1, -0.05) is 47.5 Å². The van der Waals surface area contributed by atoms with Crippen LogP contribution in [0.1, 0.15) is 38.2 Å². The third-order valence-corrected chi connectivity index (χ3v) is 6.83. The summed E-state index contributed by atoms with van der Waals surface area (Å²) in [5.74, 6) is -1.49. The van der Waals surface area contributed by atoms with Crippen molar-refractivity contribution in [3.8, 4) is 6.07 Å². The molecule has 0 aliphatic rings. The normalized spacial score (nSPS) is 12.4. The topological polar surface area (TPSA) is 132 Å². The van der Waals surface area contributed by atoms with E-state index in [9.17, 15) is 14.4 Å². The van der Waals surface area contributed by atoms with Crippen molar-refractivity contribution >= 4 is 28.6 Å². The Morgan fingerprint density at radius 3 is 2.31 bits per heavy atom. The minimum Gasteiger partial charge on any atom is -0.368 e. The Bertz CT molecular complexity index is 1550. The molecule has 0 unspecified atom stereocenters. The number of nitrogens with one attached hydrogen (secondary N) is 2. The van der Waals surface area contributed by atoms with Crippen molar-refractivity contribution in [1.29, 1.82) is 5.26 Å². The molecule has 0 aliphatic carbocycles. The fraction of sp³-hybridized carbons (Fsp3) is 0.226. The number of para-hydroxylation sites is 1. The zero-order valence-electron chi connectivity index (χ0n) is 22.2. The van der Waals surface area contributed by atoms with Crippen LogP contribution >= 0.6 is 0 Å². The van der Waals surface area contributed by atoms with Crippen LogP contribution in [-0.4, -0.2) is 46.7 Å². The molecule has 3 aromatic carbocycles. The highest BCUT2D eigenvalue weighted by Gasteiger charge is 2.31. The molecule has 4 rings (SSSR count). The molecule has 8 nitrogen and oxygen atoms in total. The standard InChI is InChI=1S/C31H31N5O3/c1-19-12-20(2)14-23(13-19)31(39)36(3)28(15-21-8-10-22(17-32)11-9-21)30(38)35-27(29(33)37)16-24-18-34-26-7-5-4-6-25(24)26/h4-14,18,27-28,34H,15-16H2,1-3H3,(H2,33,37)(H,35,38)/t27-,28+/m0/s1. The number of primary amides is 1. The van der Waals surface area contributed by atoms with Crippen LogP contribution in [0.15, 0.2) is 72.9 Å². The average molecular weight is 522 g/mol. The second-order valence-corrected chi connectivity index (χ2v) is 9.85. The molecule has 0 fully saturated rings. The first-order valence-electron chi connectivity index (χ1n) is 12.7. The zero-order chi connectivity index (χ0) is 28.1. The largest absolute Gasteiger partial charge is 0.368 e. The van der Waals surface area contributed by atoms with Gasteiger partial charge in [-0.3, -0.25) is 14.4 Å². The number of nitriles is 1. The van der Waals surface area contributed by atoms with Crippen LogP contribution in [0.4, 0.5) is 0 Å². The number of carbonyl (C=O) groups is 3. The summed E-state index contributed by atoms with van der Waals surface area (Å²) in [7, 11) is 1.58. The van der Waals surface area contributed by atoms with Gasteiger partial charge in [0.1, 0.15) is 12.1 Å². The van der Waals surface area contributed by atoms with E-state index in [4.69, 9.17) is 11.0 Å². The van der Waals surface area contributed by atoms with Gasteiger partial charge in [-0.15, -0.1) is 0 Å². The number of carbonyl (C=O) groups excluding carboxylic acids is 3. The summed E-state index contributed by atoms with van der Waals surface area (Å²) in [5, 5.41) is 12.9. The maximum atomic E-state index is 13.7. The molecule has 0 bridgehead atoms. The summed E-state index contributed by atoms with van der Waals surface area (Å²) in [5.41, 5.74) is 11.1. The summed E-state index contributed by atoms with van der Waals surface area (Å²) < 4.78 is 0. The lowest BCUT2D eigenvalue weighted by molar-refractivity contribution is -0.130. The molecule has 198 valence electrons. The quantitative estimate of drug-likeness (QED) is 0.311. The zero-order valence-corrected chi connectivity index (χ0v) is 22.2. The maximum absolute atomic E-state index is 13.7. The maximum Gasteiger partial charge on any atom is 0.254 e. The molecule has 4 aromatic rings. The van der Waals surface area contributed by atoms with E-state index in [1.54, 1.807) is 49.6 Å². The third-order valence-electron chi connectivity index (χ3n) is 6.83. The Labute approximate surface area is 227 Å². The number of nitrogens with zero attached hydrogens (tertiary/aromatic N) is 2. The first kappa shape index (κ1) is 27.1. The number of hydrogen-bond donors (Lipinski definition) is 3. The van der Waals surface area contributed by atoms with E-state index in [1.807, 2.05) is 44.2 Å². The van der Waals surface area contributed by atoms with Crippen LogP contribution in [0.25, 0.3) is 10.9 Å². The van der Waals surface area contributed by atoms with Gasteiger partial charge in [-0.25, -0.2) is 0 Å². The first-order valence-corrected chi connectivity index (χ1v) is 12.7. The number of H-pyrrole nitrogens is 1. The van der Waals surface area contributed by atoms with Gasteiger partial charge in [0.05, 0.1) is 11.6 Å². The molecule has 0 spiro atoms. The van der Waals surface area contributed by atoms with E-state index in [2.05, 4.69) is 16.4 Å². The molecule has 3 amide bonds. The predicted molar refractivity (Wildman–Crippen MR) is 150 cm³/mol. The van der Waals surface area contributed by atoms with E-state index < -0.39 is 23.9 Å². The van der Waals surface area contributed by atoms with Gasteiger partial charge in [0.2, 0.25) is 11.8 Å². The predicted octanol–water partition coefficient (Wildman–Crippen LogP) is 3.55. The van der Waals surface area contributed by atoms with Crippen molar-refractivity contribution in [1.82, 2.24) is 15.2 Å². The fourth-order valence-electron chi connectivity index (χ4n) is 4.80. The summed E-state index contributed by atoms with van der Waals surface area (Å²) in [6.07, 6.45) is 2.18. The number of aromatic amines is 1. The van der Waals surface area contributed by atoms with Crippen LogP contribution in [0.2, 0.25) is 0 Å². The van der Waals surface area contributed by atoms with Gasteiger partial charge < -0.3 is 20.9 Å². The molecule has 39 heavy (non-hydrogen) atoms. The molecule has 0 saturated heterocycles. The minimum absolute atomic E-state index is 0.184. The van der Waals surface area contributed by atoms with E-state index >= 15 is 0 Å². The molecule has 2 atom stereocenters. The lowest BCUT2D eigenvalue weighted by Gasteiger charge is -2.29. The summed E-state index contributed by atoms with van der Waals surface area (Å²) in [6, 6.07) is 20.2. The Hall–Kier alpha value is -4.90. The lowest BCUT2D eigenvalue weighted by Crippen LogP contribution is -2.54. The van der Waals surface area contributed by atoms with Crippen LogP contribution in [0, 0.1) is 25.2 Å². The van der Waals surface area contributed by atoms with Gasteiger partial charge >= 0.3 is 0 Å². The van der Waals surface area contributed by atoms with Crippen LogP contribution in [0.5, 0.6) is 0 Å². The SMILES string of the molecule is Cc1cc(C)cc(C(=O)N(C)[C@H](Cc2ccc(C#N)cc2)C(=O)N[C@@H](Cc2c[nH]c3ccccc23)C(N)=O)c1. The van der Waals surface area contributed by atoms with Crippen molar-refractivity contribution in [3.63, 3.8) is 0 Å². The molecular formula is C31H31N5O3. The van der Waals surface area contributed by atoms with Gasteiger partial charge in [0.25, 0.3) is 5.91 Å². The highest BCUT2D eigenvalue weighted by Crippen LogP contribution is 2.20. The molecule has 1 heterocycles. The minimum atomic E-state index is -0.982. The van der Waals surface area contributed by atoms with E-state index in [0.29, 0.717) is 11.1 Å². The van der Waals surface area contributed by atoms with Gasteiger partial charge in [0, 0.05) is 42.6 Å². The monoisotopic (exact) mass is 521 g/mol. The highest BCUT2D eigenvalue weighted by molar-refractivity contribution is 5.98. The Kier molecular flexibility index (Phi) is 8.11. The second-order valence-electron chi connectivity index (χ2n) is 9.85. The van der Waals surface area contributed by atoms with Crippen molar-refractivity contribution < 1.29 is 14.4 Å². The number of rotatable bonds is 9. The first-order chi connectivity index (χ1) is 18.7. The fourth-order valence-corrected chi connectivity index (χ4v) is 4.80. The van der Waals surface area contributed by atoms with Crippen molar-refractivity contribution in [3.05, 3.63) is 106 Å². The van der Waals surface area contributed by atoms with Crippen molar-refractivity contribution in [2.24, 2.45) is 5.73 Å². The Morgan fingerprint density at radius 2 is 1.67 bits per heavy atom. The van der Waals surface area contributed by atoms with Crippen LogP contribution in [-0.2, 0) is 22.4 Å². The number of hydrogen-bond acceptors (Lipinski definition) is 4. The van der Waals surface area contributed by atoms with Gasteiger partial charge in [0.15, 0.2) is 0 Å². The number of aromatic nitrogens is 1. The second kappa shape index (κ2) is 11.7. The molecule has 4 N–H and O–H groups in total. The average Bonchev–Trinajstić information content (AvgIpc) is 3.33. The number of nitrogens with two attached hydrogens (primary N) is 1. The molecule has 0 aliphatic heterocycles. The summed E-state index contributed by atoms with van der Waals surface area (Å²) >= 11 is 0. The molecule has 0 radical (unpaired) electrons.